The zero-order valence-electron chi connectivity index (χ0n) is 22.8. The first-order chi connectivity index (χ1) is 17.9. The summed E-state index contributed by atoms with van der Waals surface area (Å²) in [6.07, 6.45) is 11.0. The maximum Gasteiger partial charge on any atom is 0.407 e. The van der Waals surface area contributed by atoms with Crippen molar-refractivity contribution in [3.05, 3.63) is 34.9 Å². The molecule has 1 aliphatic heterocycles. The van der Waals surface area contributed by atoms with Crippen molar-refractivity contribution >= 4 is 23.7 Å². The molecule has 1 saturated carbocycles. The number of likely N-dealkylation sites (tertiary alicyclic amines) is 1. The number of benzene rings is 1. The van der Waals surface area contributed by atoms with Gasteiger partial charge in [-0.3, -0.25) is 0 Å². The van der Waals surface area contributed by atoms with Crippen molar-refractivity contribution in [3.8, 4) is 0 Å². The molecule has 2 fully saturated rings. The second-order valence-corrected chi connectivity index (χ2v) is 11.3. The number of rotatable bonds is 11. The van der Waals surface area contributed by atoms with Gasteiger partial charge in [0.05, 0.1) is 25.9 Å². The van der Waals surface area contributed by atoms with Crippen LogP contribution in [-0.4, -0.2) is 55.9 Å². The highest BCUT2D eigenvalue weighted by molar-refractivity contribution is 6.30. The lowest BCUT2D eigenvalue weighted by atomic mass is 9.84. The molecule has 4 atom stereocenters. The second-order valence-electron chi connectivity index (χ2n) is 10.9. The minimum absolute atomic E-state index is 0.0459. The Balaban J connectivity index is 1.65. The van der Waals surface area contributed by atoms with Crippen LogP contribution in [0.15, 0.2) is 24.3 Å². The highest BCUT2D eigenvalue weighted by atomic mass is 35.5. The lowest BCUT2D eigenvalue weighted by molar-refractivity contribution is -0.0176. The average Bonchev–Trinajstić information content (AvgIpc) is 2.89. The molecule has 3 amide bonds. The number of piperidine rings is 1. The van der Waals surface area contributed by atoms with Gasteiger partial charge in [0.15, 0.2) is 0 Å². The third kappa shape index (κ3) is 9.68. The Hall–Kier alpha value is -1.99. The molecule has 1 heterocycles. The number of halogens is 1. The fourth-order valence-electron chi connectivity index (χ4n) is 5.87. The van der Waals surface area contributed by atoms with Crippen molar-refractivity contribution < 1.29 is 19.1 Å². The largest absolute Gasteiger partial charge is 0.453 e. The van der Waals surface area contributed by atoms with Crippen LogP contribution in [0.3, 0.4) is 0 Å². The van der Waals surface area contributed by atoms with E-state index in [-0.39, 0.29) is 30.1 Å². The van der Waals surface area contributed by atoms with E-state index in [0.717, 1.165) is 50.1 Å². The summed E-state index contributed by atoms with van der Waals surface area (Å²) >= 11 is 6.32. The summed E-state index contributed by atoms with van der Waals surface area (Å²) < 4.78 is 11.1. The molecule has 0 radical (unpaired) electrons. The molecule has 208 valence electrons. The molecule has 2 aliphatic rings. The van der Waals surface area contributed by atoms with Crippen LogP contribution < -0.4 is 10.6 Å². The Labute approximate surface area is 228 Å². The van der Waals surface area contributed by atoms with Gasteiger partial charge in [-0.15, -0.1) is 0 Å². The van der Waals surface area contributed by atoms with E-state index < -0.39 is 6.09 Å². The lowest BCUT2D eigenvalue weighted by Crippen LogP contribution is -2.50. The van der Waals surface area contributed by atoms with Crippen LogP contribution in [0.2, 0.25) is 5.02 Å². The van der Waals surface area contributed by atoms with E-state index in [9.17, 15) is 9.59 Å². The molecule has 1 aromatic carbocycles. The van der Waals surface area contributed by atoms with Gasteiger partial charge in [-0.25, -0.2) is 9.59 Å². The highest BCUT2D eigenvalue weighted by Gasteiger charge is 2.32. The molecule has 37 heavy (non-hydrogen) atoms. The molecular weight excluding hydrogens is 490 g/mol. The maximum atomic E-state index is 13.4. The van der Waals surface area contributed by atoms with Crippen molar-refractivity contribution in [2.75, 3.05) is 26.8 Å². The van der Waals surface area contributed by atoms with Crippen LogP contribution >= 0.6 is 11.6 Å². The Morgan fingerprint density at radius 2 is 1.92 bits per heavy atom. The summed E-state index contributed by atoms with van der Waals surface area (Å²) in [5.74, 6) is 0.868. The molecule has 3 rings (SSSR count). The van der Waals surface area contributed by atoms with Crippen LogP contribution in [0.1, 0.15) is 89.7 Å². The Kier molecular flexibility index (Phi) is 12.3. The third-order valence-electron chi connectivity index (χ3n) is 7.73. The van der Waals surface area contributed by atoms with Crippen LogP contribution in [-0.2, 0) is 9.47 Å². The van der Waals surface area contributed by atoms with E-state index in [1.165, 1.54) is 39.2 Å². The van der Waals surface area contributed by atoms with Crippen molar-refractivity contribution in [1.29, 1.82) is 0 Å². The zero-order valence-corrected chi connectivity index (χ0v) is 23.6. The van der Waals surface area contributed by atoms with E-state index in [4.69, 9.17) is 21.1 Å². The number of urea groups is 1. The average molecular weight is 536 g/mol. The smallest absolute Gasteiger partial charge is 0.407 e. The van der Waals surface area contributed by atoms with Crippen molar-refractivity contribution in [1.82, 2.24) is 15.5 Å². The van der Waals surface area contributed by atoms with Gasteiger partial charge in [-0.2, -0.15) is 0 Å². The molecule has 0 bridgehead atoms. The minimum Gasteiger partial charge on any atom is -0.453 e. The van der Waals surface area contributed by atoms with Crippen molar-refractivity contribution in [3.63, 3.8) is 0 Å². The van der Waals surface area contributed by atoms with E-state index in [0.29, 0.717) is 18.2 Å². The van der Waals surface area contributed by atoms with Gasteiger partial charge in [0.2, 0.25) is 0 Å². The fraction of sp³-hybridized carbons (Fsp3) is 0.724. The van der Waals surface area contributed by atoms with Crippen LogP contribution in [0.4, 0.5) is 9.59 Å². The van der Waals surface area contributed by atoms with E-state index in [2.05, 4.69) is 17.6 Å². The van der Waals surface area contributed by atoms with Gasteiger partial charge in [0.1, 0.15) is 0 Å². The standard InChI is InChI=1S/C29H46ClN3O4/c1-4-10-26(17-22-11-6-5-7-12-22)32-28(34)33-16-9-14-24(19-33)27(23-13-8-15-25(30)18-23)37-20-21(2)31-29(35)36-3/h8,13,15,18,21-22,24,26-27H,4-7,9-12,14,16-17,19-20H2,1-3H3,(H,31,35)(H,32,34)/t21?,24-,26-,27+/m1/s1. The van der Waals surface area contributed by atoms with Crippen molar-refractivity contribution in [2.24, 2.45) is 11.8 Å². The molecule has 1 unspecified atom stereocenters. The fourth-order valence-corrected chi connectivity index (χ4v) is 6.07. The molecule has 8 heteroatoms. The summed E-state index contributed by atoms with van der Waals surface area (Å²) in [7, 11) is 1.35. The number of nitrogens with zero attached hydrogens (tertiary/aromatic N) is 1. The Bertz CT molecular complexity index is 848. The van der Waals surface area contributed by atoms with E-state index in [1.807, 2.05) is 36.1 Å². The molecule has 7 nitrogen and oxygen atoms in total. The first kappa shape index (κ1) is 29.6. The first-order valence-corrected chi connectivity index (χ1v) is 14.5. The number of nitrogens with one attached hydrogen (secondary N) is 2. The number of hydrogen-bond acceptors (Lipinski definition) is 4. The van der Waals surface area contributed by atoms with Crippen LogP contribution in [0, 0.1) is 11.8 Å². The van der Waals surface area contributed by atoms with Gasteiger partial charge >= 0.3 is 12.1 Å². The van der Waals surface area contributed by atoms with Gasteiger partial charge in [0.25, 0.3) is 0 Å². The molecule has 1 aliphatic carbocycles. The highest BCUT2D eigenvalue weighted by Crippen LogP contribution is 2.34. The number of ether oxygens (including phenoxy) is 2. The molecule has 0 spiro atoms. The Morgan fingerprint density at radius 1 is 1.14 bits per heavy atom. The zero-order chi connectivity index (χ0) is 26.6. The summed E-state index contributed by atoms with van der Waals surface area (Å²) in [5, 5.41) is 6.80. The molecule has 1 saturated heterocycles. The van der Waals surface area contributed by atoms with Gasteiger partial charge in [-0.1, -0.05) is 69.2 Å². The topological polar surface area (TPSA) is 79.9 Å². The van der Waals surface area contributed by atoms with E-state index in [1.54, 1.807) is 0 Å². The van der Waals surface area contributed by atoms with Crippen LogP contribution in [0.5, 0.6) is 0 Å². The van der Waals surface area contributed by atoms with Gasteiger partial charge in [-0.05, 0) is 56.2 Å². The summed E-state index contributed by atoms with van der Waals surface area (Å²) in [4.78, 5) is 27.0. The van der Waals surface area contributed by atoms with Crippen LogP contribution in [0.25, 0.3) is 0 Å². The predicted molar refractivity (Wildman–Crippen MR) is 148 cm³/mol. The minimum atomic E-state index is -0.481. The monoisotopic (exact) mass is 535 g/mol. The third-order valence-corrected chi connectivity index (χ3v) is 7.97. The maximum absolute atomic E-state index is 13.4. The summed E-state index contributed by atoms with van der Waals surface area (Å²) in [5.41, 5.74) is 0.992. The van der Waals surface area contributed by atoms with E-state index >= 15 is 0 Å². The number of alkyl carbamates (subject to hydrolysis) is 1. The second kappa shape index (κ2) is 15.4. The number of hydrogen-bond donors (Lipinski definition) is 2. The quantitative estimate of drug-likeness (QED) is 0.330. The number of methoxy groups -OCH3 is 1. The number of amides is 3. The molecular formula is C29H46ClN3O4. The first-order valence-electron chi connectivity index (χ1n) is 14.2. The molecule has 2 N–H and O–H groups in total. The normalized spacial score (nSPS) is 21.1. The number of carbonyl (C=O) groups is 2. The predicted octanol–water partition coefficient (Wildman–Crippen LogP) is 6.70. The molecule has 1 aromatic rings. The number of carbonyl (C=O) groups excluding carboxylic acids is 2. The van der Waals surface area contributed by atoms with Gasteiger partial charge < -0.3 is 25.0 Å². The van der Waals surface area contributed by atoms with Gasteiger partial charge in [0, 0.05) is 30.1 Å². The summed E-state index contributed by atoms with van der Waals surface area (Å²) in [6, 6.07) is 7.81. The Morgan fingerprint density at radius 3 is 2.62 bits per heavy atom. The SMILES string of the molecule is CCC[C@H](CC1CCCCC1)NC(=O)N1CCC[C@@H]([C@@H](OCC(C)NC(=O)OC)c2cccc(Cl)c2)C1. The molecule has 0 aromatic heterocycles. The van der Waals surface area contributed by atoms with Crippen molar-refractivity contribution in [2.45, 2.75) is 96.2 Å². The lowest BCUT2D eigenvalue weighted by Gasteiger charge is -2.38. The summed E-state index contributed by atoms with van der Waals surface area (Å²) in [6.45, 7) is 5.79.